The Morgan fingerprint density at radius 1 is 0.545 bits per heavy atom. The second-order valence-corrected chi connectivity index (χ2v) is 23.7. The van der Waals surface area contributed by atoms with E-state index in [1.165, 1.54) is 23.4 Å². The zero-order valence-electron chi connectivity index (χ0n) is 58.5. The molecule has 0 aliphatic rings. The van der Waals surface area contributed by atoms with Gasteiger partial charge in [-0.1, -0.05) is 210 Å². The molecular formula is C71H68N4OPt-2. The number of benzene rings is 8. The summed E-state index contributed by atoms with van der Waals surface area (Å²) in [6.07, 6.45) is 4.96. The Morgan fingerprint density at radius 3 is 1.83 bits per heavy atom. The van der Waals surface area contributed by atoms with Crippen LogP contribution in [0, 0.1) is 25.3 Å². The first-order chi connectivity index (χ1) is 41.4. The van der Waals surface area contributed by atoms with Gasteiger partial charge in [0.25, 0.3) is 6.33 Å². The predicted molar refractivity (Wildman–Crippen MR) is 316 cm³/mol. The minimum atomic E-state index is -2.80. The fourth-order valence-corrected chi connectivity index (χ4v) is 9.82. The summed E-state index contributed by atoms with van der Waals surface area (Å²) in [6.45, 7) is 23.1. The molecule has 0 aliphatic carbocycles. The maximum Gasteiger partial charge on any atom is 0.268 e. The van der Waals surface area contributed by atoms with Crippen LogP contribution in [0.25, 0.3) is 83.4 Å². The van der Waals surface area contributed by atoms with Crippen molar-refractivity contribution in [3.05, 3.63) is 222 Å². The maximum atomic E-state index is 9.40. The average molecular weight is 1200 g/mol. The molecule has 0 fully saturated rings. The van der Waals surface area contributed by atoms with Crippen molar-refractivity contribution in [1.29, 1.82) is 0 Å². The topological polar surface area (TPSA) is 35.9 Å². The molecule has 0 saturated carbocycles. The molecule has 3 heterocycles. The van der Waals surface area contributed by atoms with E-state index in [9.17, 15) is 2.74 Å². The summed E-state index contributed by atoms with van der Waals surface area (Å²) >= 11 is 0. The van der Waals surface area contributed by atoms with Crippen molar-refractivity contribution in [2.75, 3.05) is 0 Å². The molecule has 0 atom stereocenters. The number of rotatable bonds is 8. The standard InChI is InChI=1S/C71H68N4O.Pt/c1-46-35-66(72-44-60(46)48-25-18-15-19-26-48)75-62-30-21-20-29-57(62)58-33-32-56(43-64(58)75)76-55-28-22-27-54(42-55)73-45-74(67-59(47-23-16-14-17-24-47)40-53(70(8,9)10)41-61(67)71(11,12)13)63-34-31-49(38-65(63)73)50-36-51(68(2,3)4)39-52(37-50)69(5,6)7;/h14-41,44H,1-13H3;/q-2;/i1D3,14D,15D,16D,17D,18D,19D,23D,24D,25D,26D;. The number of para-hydroxylation sites is 1. The van der Waals surface area contributed by atoms with Gasteiger partial charge >= 0.3 is 0 Å². The molecule has 6 heteroatoms. The van der Waals surface area contributed by atoms with E-state index in [1.54, 1.807) is 16.7 Å². The third kappa shape index (κ3) is 10.2. The van der Waals surface area contributed by atoms with Crippen LogP contribution in [0.4, 0.5) is 0 Å². The molecule has 0 N–H and O–H groups in total. The predicted octanol–water partition coefficient (Wildman–Crippen LogP) is 18.1. The molecule has 0 saturated heterocycles. The largest absolute Gasteiger partial charge is 0.510 e. The van der Waals surface area contributed by atoms with Crippen LogP contribution < -0.4 is 9.30 Å². The molecule has 390 valence electrons. The van der Waals surface area contributed by atoms with E-state index in [1.807, 2.05) is 57.7 Å². The van der Waals surface area contributed by atoms with Crippen molar-refractivity contribution < 1.29 is 48.2 Å². The molecule has 5 nitrogen and oxygen atoms in total. The normalized spacial score (nSPS) is 14.9. The van der Waals surface area contributed by atoms with Crippen LogP contribution in [-0.4, -0.2) is 14.1 Å². The Morgan fingerprint density at radius 2 is 1.18 bits per heavy atom. The van der Waals surface area contributed by atoms with E-state index < -0.39 is 66.0 Å². The molecule has 11 rings (SSSR count). The summed E-state index contributed by atoms with van der Waals surface area (Å²) in [6, 6.07) is 37.4. The molecule has 11 aromatic rings. The number of nitrogens with zero attached hydrogens (tertiary/aromatic N) is 4. The molecule has 0 radical (unpaired) electrons. The summed E-state index contributed by atoms with van der Waals surface area (Å²) in [5.74, 6) is 0.771. The maximum absolute atomic E-state index is 9.40. The van der Waals surface area contributed by atoms with Gasteiger partial charge in [-0.15, -0.1) is 29.7 Å². The third-order valence-corrected chi connectivity index (χ3v) is 14.1. The molecule has 77 heavy (non-hydrogen) atoms. The number of hydrogen-bond donors (Lipinski definition) is 0. The van der Waals surface area contributed by atoms with Gasteiger partial charge in [0, 0.05) is 54.0 Å². The number of ether oxygens (including phenoxy) is 1. The van der Waals surface area contributed by atoms with Crippen LogP contribution in [-0.2, 0) is 42.7 Å². The van der Waals surface area contributed by atoms with Crippen LogP contribution >= 0.6 is 0 Å². The number of imidazole rings is 1. The van der Waals surface area contributed by atoms with Crippen molar-refractivity contribution in [2.24, 2.45) is 0 Å². The Hall–Kier alpha value is -7.33. The summed E-state index contributed by atoms with van der Waals surface area (Å²) in [4.78, 5) is 4.73. The van der Waals surface area contributed by atoms with Crippen molar-refractivity contribution in [1.82, 2.24) is 14.1 Å². The molecule has 0 unspecified atom stereocenters. The average Bonchev–Trinajstić information content (AvgIpc) is 1.38. The zero-order valence-corrected chi connectivity index (χ0v) is 47.8. The number of hydrogen-bond acceptors (Lipinski definition) is 2. The Bertz CT molecular complexity index is 4660. The van der Waals surface area contributed by atoms with Gasteiger partial charge in [-0.05, 0) is 113 Å². The van der Waals surface area contributed by atoms with E-state index in [0.29, 0.717) is 39.2 Å². The monoisotopic (exact) mass is 1200 g/mol. The van der Waals surface area contributed by atoms with Crippen LogP contribution in [0.5, 0.6) is 11.5 Å². The van der Waals surface area contributed by atoms with Gasteiger partial charge in [-0.3, -0.25) is 4.57 Å². The van der Waals surface area contributed by atoms with E-state index in [0.717, 1.165) is 38.5 Å². The van der Waals surface area contributed by atoms with Gasteiger partial charge in [0.1, 0.15) is 5.82 Å². The fourth-order valence-electron chi connectivity index (χ4n) is 9.82. The van der Waals surface area contributed by atoms with Crippen LogP contribution in [0.2, 0.25) is 0 Å². The number of aryl methyl sites for hydroxylation is 1. The van der Waals surface area contributed by atoms with E-state index >= 15 is 0 Å². The van der Waals surface area contributed by atoms with Crippen molar-refractivity contribution in [3.8, 4) is 62.1 Å². The van der Waals surface area contributed by atoms with E-state index in [-0.39, 0.29) is 77.8 Å². The molecule has 0 bridgehead atoms. The number of pyridine rings is 1. The van der Waals surface area contributed by atoms with Gasteiger partial charge in [0.05, 0.1) is 30.4 Å². The molecule has 3 aromatic heterocycles. The van der Waals surface area contributed by atoms with Gasteiger partial charge in [-0.25, -0.2) is 4.98 Å². The summed E-state index contributed by atoms with van der Waals surface area (Å²) < 4.78 is 126. The van der Waals surface area contributed by atoms with Gasteiger partial charge in [0.2, 0.25) is 0 Å². The third-order valence-electron chi connectivity index (χ3n) is 14.1. The second-order valence-electron chi connectivity index (χ2n) is 23.7. The fraction of sp³-hybridized carbons (Fsp3) is 0.239. The summed E-state index contributed by atoms with van der Waals surface area (Å²) in [5, 5.41) is 1.56. The number of aromatic nitrogens is 4. The SMILES string of the molecule is [2H]c1c([2H])c([2H])c(-c2cnc(-n3c4[c-]c(Oc5[c-]c(-n6[c-][n+](-c7c(-c8c([2H])c([2H])c([2H])c([2H])c8[2H])cc(C(C)(C)C)cc7C(C)(C)C)c7ccc(-c8cc(C(C)(C)C)cc(C(C)(C)C)c8)cc76)ccc5)ccc4c4ccccc43)cc2C([2H])([2H])[2H])c([2H])c1[2H].[Pt]. The van der Waals surface area contributed by atoms with Crippen molar-refractivity contribution in [2.45, 2.75) is 112 Å². The van der Waals surface area contributed by atoms with Crippen LogP contribution in [0.15, 0.2) is 176 Å². The number of fused-ring (bicyclic) bond motifs is 4. The van der Waals surface area contributed by atoms with Gasteiger partial charge in [0.15, 0.2) is 0 Å². The Kier molecular flexibility index (Phi) is 10.1. The molecule has 0 aliphatic heterocycles. The Balaban J connectivity index is 0.00000891. The van der Waals surface area contributed by atoms with Crippen LogP contribution in [0.3, 0.4) is 0 Å². The minimum absolute atomic E-state index is 0. The summed E-state index contributed by atoms with van der Waals surface area (Å²) in [7, 11) is 0. The molecule has 8 aromatic carbocycles. The first-order valence-electron chi connectivity index (χ1n) is 32.1. The van der Waals surface area contributed by atoms with Crippen molar-refractivity contribution in [3.63, 3.8) is 0 Å². The Labute approximate surface area is 488 Å². The smallest absolute Gasteiger partial charge is 0.268 e. The zero-order chi connectivity index (χ0) is 64.7. The minimum Gasteiger partial charge on any atom is -0.510 e. The first-order valence-corrected chi connectivity index (χ1v) is 25.6. The van der Waals surface area contributed by atoms with Gasteiger partial charge in [-0.2, -0.15) is 18.2 Å². The molecule has 0 spiro atoms. The molecular weight excluding hydrogens is 1120 g/mol. The van der Waals surface area contributed by atoms with Gasteiger partial charge < -0.3 is 13.9 Å². The van der Waals surface area contributed by atoms with E-state index in [4.69, 9.17) is 24.8 Å². The second kappa shape index (κ2) is 19.9. The van der Waals surface area contributed by atoms with Crippen LogP contribution in [0.1, 0.15) is 129 Å². The first kappa shape index (κ1) is 39.1. The molecule has 0 amide bonds. The quantitative estimate of drug-likeness (QED) is 0.112. The van der Waals surface area contributed by atoms with Crippen molar-refractivity contribution >= 4 is 32.8 Å². The van der Waals surface area contributed by atoms with E-state index in [2.05, 4.69) is 144 Å². The summed E-state index contributed by atoms with van der Waals surface area (Å²) in [5.41, 5.74) is 8.42.